The molecule has 214 valence electrons. The van der Waals surface area contributed by atoms with Gasteiger partial charge in [-0.05, 0) is 109 Å². The molecule has 0 saturated carbocycles. The third-order valence-corrected chi connectivity index (χ3v) is 10.2. The molecule has 0 amide bonds. The van der Waals surface area contributed by atoms with Crippen LogP contribution in [-0.2, 0) is 23.0 Å². The maximum Gasteiger partial charge on any atom is 0.242 e. The SMILES string of the molecule is Cc1cc(-c2ccc(F)c(O)c2)cc2c(N3CCc4ccc(S(=O)(=O)N(C)CC5CCNCC5)cc4C3)ncnc12. The highest BCUT2D eigenvalue weighted by Crippen LogP contribution is 2.35. The van der Waals surface area contributed by atoms with Crippen LogP contribution in [0.25, 0.3) is 22.0 Å². The average Bonchev–Trinajstić information content (AvgIpc) is 2.98. The topological polar surface area (TPSA) is 98.7 Å². The van der Waals surface area contributed by atoms with Gasteiger partial charge in [-0.25, -0.2) is 27.1 Å². The molecular weight excluding hydrogens is 541 g/mol. The van der Waals surface area contributed by atoms with Crippen LogP contribution in [0.4, 0.5) is 10.2 Å². The minimum absolute atomic E-state index is 0.316. The summed E-state index contributed by atoms with van der Waals surface area (Å²) in [6.07, 6.45) is 4.28. The molecule has 0 radical (unpaired) electrons. The van der Waals surface area contributed by atoms with Gasteiger partial charge in [0.1, 0.15) is 12.1 Å². The summed E-state index contributed by atoms with van der Waals surface area (Å²) >= 11 is 0. The van der Waals surface area contributed by atoms with Crippen LogP contribution in [0.15, 0.2) is 59.8 Å². The number of anilines is 1. The Hall–Kier alpha value is -3.60. The van der Waals surface area contributed by atoms with Gasteiger partial charge < -0.3 is 15.3 Å². The number of piperidine rings is 1. The van der Waals surface area contributed by atoms with Gasteiger partial charge in [-0.3, -0.25) is 0 Å². The summed E-state index contributed by atoms with van der Waals surface area (Å²) in [5, 5.41) is 14.1. The second-order valence-corrected chi connectivity index (χ2v) is 13.2. The number of sulfonamides is 1. The highest BCUT2D eigenvalue weighted by Gasteiger charge is 2.27. The van der Waals surface area contributed by atoms with Gasteiger partial charge in [0.05, 0.1) is 10.4 Å². The van der Waals surface area contributed by atoms with Crippen molar-refractivity contribution < 1.29 is 17.9 Å². The lowest BCUT2D eigenvalue weighted by Gasteiger charge is -2.31. The van der Waals surface area contributed by atoms with Crippen molar-refractivity contribution in [2.24, 2.45) is 5.92 Å². The fourth-order valence-corrected chi connectivity index (χ4v) is 7.32. The quantitative estimate of drug-likeness (QED) is 0.346. The molecule has 0 bridgehead atoms. The predicted octanol–water partition coefficient (Wildman–Crippen LogP) is 4.63. The predicted molar refractivity (Wildman–Crippen MR) is 158 cm³/mol. The van der Waals surface area contributed by atoms with Gasteiger partial charge in [-0.1, -0.05) is 12.1 Å². The minimum atomic E-state index is -3.62. The second kappa shape index (κ2) is 11.0. The lowest BCUT2D eigenvalue weighted by atomic mass is 9.98. The van der Waals surface area contributed by atoms with Gasteiger partial charge in [0, 0.05) is 32.1 Å². The Labute approximate surface area is 239 Å². The Morgan fingerprint density at radius 3 is 2.63 bits per heavy atom. The Balaban J connectivity index is 1.31. The van der Waals surface area contributed by atoms with Crippen molar-refractivity contribution in [3.05, 3.63) is 77.4 Å². The maximum absolute atomic E-state index is 13.7. The summed E-state index contributed by atoms with van der Waals surface area (Å²) in [4.78, 5) is 11.6. The summed E-state index contributed by atoms with van der Waals surface area (Å²) in [5.41, 5.74) is 5.37. The lowest BCUT2D eigenvalue weighted by molar-refractivity contribution is 0.311. The first kappa shape index (κ1) is 27.6. The third kappa shape index (κ3) is 5.39. The van der Waals surface area contributed by atoms with E-state index in [0.717, 1.165) is 77.9 Å². The van der Waals surface area contributed by atoms with Crippen molar-refractivity contribution in [1.29, 1.82) is 0 Å². The smallest absolute Gasteiger partial charge is 0.242 e. The molecule has 4 aromatic rings. The Morgan fingerprint density at radius 1 is 1.05 bits per heavy atom. The van der Waals surface area contributed by atoms with E-state index in [-0.39, 0.29) is 0 Å². The molecule has 1 saturated heterocycles. The zero-order valence-electron chi connectivity index (χ0n) is 23.3. The number of nitrogens with zero attached hydrogens (tertiary/aromatic N) is 4. The van der Waals surface area contributed by atoms with E-state index in [1.54, 1.807) is 25.5 Å². The minimum Gasteiger partial charge on any atom is -0.505 e. The molecule has 0 aliphatic carbocycles. The number of hydrogen-bond acceptors (Lipinski definition) is 7. The molecule has 2 N–H and O–H groups in total. The molecule has 41 heavy (non-hydrogen) atoms. The number of halogens is 1. The van der Waals surface area contributed by atoms with Crippen LogP contribution in [-0.4, -0.2) is 61.0 Å². The molecule has 2 aliphatic heterocycles. The first-order valence-electron chi connectivity index (χ1n) is 14.0. The van der Waals surface area contributed by atoms with Crippen molar-refractivity contribution >= 4 is 26.7 Å². The number of nitrogens with one attached hydrogen (secondary N) is 1. The molecular formula is C31H34FN5O3S. The monoisotopic (exact) mass is 575 g/mol. The fourth-order valence-electron chi connectivity index (χ4n) is 6.02. The van der Waals surface area contributed by atoms with Gasteiger partial charge in [-0.15, -0.1) is 0 Å². The summed E-state index contributed by atoms with van der Waals surface area (Å²) in [5.74, 6) is 0.0568. The van der Waals surface area contributed by atoms with Gasteiger partial charge in [-0.2, -0.15) is 0 Å². The number of aromatic hydroxyl groups is 1. The van der Waals surface area contributed by atoms with Crippen molar-refractivity contribution in [3.8, 4) is 16.9 Å². The van der Waals surface area contributed by atoms with E-state index in [0.29, 0.717) is 29.5 Å². The standard InChI is InChI=1S/C31H34FN5O3S/c1-20-13-24(23-4-6-28(32)29(38)16-23)15-27-30(20)34-19-35-31(27)37-12-9-22-3-5-26(14-25(22)18-37)41(39,40)36(2)17-21-7-10-33-11-8-21/h3-6,13-16,19,21,33,38H,7-12,17-18H2,1-2H3. The zero-order chi connectivity index (χ0) is 28.7. The summed E-state index contributed by atoms with van der Waals surface area (Å²) < 4.78 is 42.2. The third-order valence-electron chi connectivity index (χ3n) is 8.36. The van der Waals surface area contributed by atoms with Crippen LogP contribution >= 0.6 is 0 Å². The van der Waals surface area contributed by atoms with E-state index in [9.17, 15) is 17.9 Å². The zero-order valence-corrected chi connectivity index (χ0v) is 24.1. The van der Waals surface area contributed by atoms with Crippen LogP contribution in [0, 0.1) is 18.7 Å². The van der Waals surface area contributed by atoms with Crippen molar-refractivity contribution in [3.63, 3.8) is 0 Å². The second-order valence-electron chi connectivity index (χ2n) is 11.1. The molecule has 10 heteroatoms. The number of benzene rings is 3. The van der Waals surface area contributed by atoms with E-state index in [4.69, 9.17) is 0 Å². The number of fused-ring (bicyclic) bond motifs is 2. The molecule has 1 fully saturated rings. The lowest BCUT2D eigenvalue weighted by Crippen LogP contribution is -2.37. The van der Waals surface area contributed by atoms with Gasteiger partial charge in [0.15, 0.2) is 11.6 Å². The number of hydrogen-bond donors (Lipinski definition) is 2. The molecule has 2 aliphatic rings. The summed E-state index contributed by atoms with van der Waals surface area (Å²) in [6.45, 7) is 5.59. The highest BCUT2D eigenvalue weighted by molar-refractivity contribution is 7.89. The maximum atomic E-state index is 13.7. The van der Waals surface area contributed by atoms with Crippen LogP contribution in [0.2, 0.25) is 0 Å². The molecule has 0 atom stereocenters. The molecule has 3 aromatic carbocycles. The van der Waals surface area contributed by atoms with Crippen molar-refractivity contribution in [1.82, 2.24) is 19.6 Å². The fraction of sp³-hybridized carbons (Fsp3) is 0.355. The van der Waals surface area contributed by atoms with Crippen LogP contribution < -0.4 is 10.2 Å². The van der Waals surface area contributed by atoms with E-state index in [1.807, 2.05) is 31.2 Å². The molecule has 0 spiro atoms. The Kier molecular flexibility index (Phi) is 7.39. The van der Waals surface area contributed by atoms with Crippen molar-refractivity contribution in [2.75, 3.05) is 38.1 Å². The highest BCUT2D eigenvalue weighted by atomic mass is 32.2. The van der Waals surface area contributed by atoms with E-state index in [2.05, 4.69) is 20.2 Å². The number of rotatable bonds is 6. The number of aromatic nitrogens is 2. The summed E-state index contributed by atoms with van der Waals surface area (Å²) in [6, 6.07) is 13.7. The van der Waals surface area contributed by atoms with E-state index in [1.165, 1.54) is 16.4 Å². The van der Waals surface area contributed by atoms with Crippen LogP contribution in [0.3, 0.4) is 0 Å². The van der Waals surface area contributed by atoms with Gasteiger partial charge in [0.2, 0.25) is 10.0 Å². The molecule has 1 aromatic heterocycles. The molecule has 3 heterocycles. The van der Waals surface area contributed by atoms with Gasteiger partial charge >= 0.3 is 0 Å². The van der Waals surface area contributed by atoms with Crippen molar-refractivity contribution in [2.45, 2.75) is 37.6 Å². The van der Waals surface area contributed by atoms with E-state index >= 15 is 0 Å². The first-order valence-corrected chi connectivity index (χ1v) is 15.4. The molecule has 0 unspecified atom stereocenters. The average molecular weight is 576 g/mol. The molecule has 6 rings (SSSR count). The van der Waals surface area contributed by atoms with Gasteiger partial charge in [0.25, 0.3) is 0 Å². The number of aryl methyl sites for hydroxylation is 1. The van der Waals surface area contributed by atoms with Crippen LogP contribution in [0.1, 0.15) is 29.5 Å². The molecule has 8 nitrogen and oxygen atoms in total. The number of phenols is 1. The van der Waals surface area contributed by atoms with Crippen LogP contribution in [0.5, 0.6) is 5.75 Å². The first-order chi connectivity index (χ1) is 19.7. The largest absolute Gasteiger partial charge is 0.505 e. The normalized spacial score (nSPS) is 16.3. The Bertz CT molecular complexity index is 1720. The Morgan fingerprint density at radius 2 is 1.85 bits per heavy atom. The summed E-state index contributed by atoms with van der Waals surface area (Å²) in [7, 11) is -1.94. The number of phenolic OH excluding ortho intramolecular Hbond substituents is 1. The van der Waals surface area contributed by atoms with E-state index < -0.39 is 21.6 Å².